The fourth-order valence-electron chi connectivity index (χ4n) is 1.21. The van der Waals surface area contributed by atoms with Gasteiger partial charge in [-0.05, 0) is 30.6 Å². The largest absolute Gasteiger partial charge is 0.126 e. The van der Waals surface area contributed by atoms with Crippen LogP contribution in [-0.4, -0.2) is 5.75 Å². The molecule has 13 heavy (non-hydrogen) atoms. The van der Waals surface area contributed by atoms with Gasteiger partial charge in [-0.1, -0.05) is 39.2 Å². The summed E-state index contributed by atoms with van der Waals surface area (Å²) in [5.41, 5.74) is 1.38. The highest BCUT2D eigenvalue weighted by molar-refractivity contribution is 8.03. The van der Waals surface area contributed by atoms with Crippen LogP contribution >= 0.6 is 11.8 Å². The maximum Gasteiger partial charge on any atom is 0.00979 e. The Morgan fingerprint density at radius 2 is 1.85 bits per heavy atom. The summed E-state index contributed by atoms with van der Waals surface area (Å²) in [6, 6.07) is 0. The topological polar surface area (TPSA) is 0 Å². The molecule has 0 N–H and O–H groups in total. The highest BCUT2D eigenvalue weighted by Crippen LogP contribution is 2.29. The Hall–Kier alpha value is -0.430. The highest BCUT2D eigenvalue weighted by Gasteiger charge is 2.05. The van der Waals surface area contributed by atoms with Crippen molar-refractivity contribution in [1.29, 1.82) is 0 Å². The molecule has 0 nitrogen and oxygen atoms in total. The van der Waals surface area contributed by atoms with Crippen molar-refractivity contribution in [1.82, 2.24) is 0 Å². The predicted octanol–water partition coefficient (Wildman–Crippen LogP) is 4.56. The summed E-state index contributed by atoms with van der Waals surface area (Å²) in [5, 5.41) is 0. The van der Waals surface area contributed by atoms with Gasteiger partial charge < -0.3 is 0 Å². The number of rotatable bonds is 2. The lowest BCUT2D eigenvalue weighted by Gasteiger charge is -2.01. The van der Waals surface area contributed by atoms with E-state index in [0.29, 0.717) is 0 Å². The summed E-state index contributed by atoms with van der Waals surface area (Å²) in [4.78, 5) is 1.33. The van der Waals surface area contributed by atoms with Gasteiger partial charge in [-0.25, -0.2) is 0 Å². The van der Waals surface area contributed by atoms with Crippen molar-refractivity contribution in [2.75, 3.05) is 5.75 Å². The van der Waals surface area contributed by atoms with Gasteiger partial charge in [-0.2, -0.15) is 0 Å². The average Bonchev–Trinajstić information content (AvgIpc) is 2.44. The second-order valence-corrected chi connectivity index (χ2v) is 3.74. The van der Waals surface area contributed by atoms with E-state index in [1.165, 1.54) is 35.5 Å². The maximum atomic E-state index is 3.81. The first-order chi connectivity index (χ1) is 6.38. The molecular weight excluding hydrogens is 176 g/mol. The molecule has 0 amide bonds. The van der Waals surface area contributed by atoms with Crippen LogP contribution in [0.1, 0.15) is 33.1 Å². The molecule has 0 aromatic carbocycles. The Morgan fingerprint density at radius 1 is 1.15 bits per heavy atom. The van der Waals surface area contributed by atoms with E-state index in [1.54, 1.807) is 0 Å². The van der Waals surface area contributed by atoms with Gasteiger partial charge in [0.05, 0.1) is 0 Å². The number of allylic oxidation sites excluding steroid dienone is 3. The van der Waals surface area contributed by atoms with E-state index < -0.39 is 0 Å². The van der Waals surface area contributed by atoms with Crippen LogP contribution in [0.5, 0.6) is 0 Å². The zero-order valence-electron chi connectivity index (χ0n) is 8.81. The fourth-order valence-corrected chi connectivity index (χ4v) is 2.27. The minimum atomic E-state index is 1.18. The normalized spacial score (nSPS) is 16.8. The van der Waals surface area contributed by atoms with Crippen LogP contribution in [0.25, 0.3) is 0 Å². The van der Waals surface area contributed by atoms with Gasteiger partial charge in [-0.15, -0.1) is 11.8 Å². The molecule has 0 aliphatic carbocycles. The second-order valence-electron chi connectivity index (χ2n) is 2.60. The number of hydrogen-bond acceptors (Lipinski definition) is 1. The molecule has 0 bridgehead atoms. The van der Waals surface area contributed by atoms with E-state index in [0.717, 1.165) is 0 Å². The molecule has 1 heterocycles. The van der Waals surface area contributed by atoms with Crippen molar-refractivity contribution in [2.45, 2.75) is 33.1 Å². The van der Waals surface area contributed by atoms with E-state index in [2.05, 4.69) is 13.2 Å². The molecule has 0 aromatic heterocycles. The van der Waals surface area contributed by atoms with Crippen molar-refractivity contribution >= 4 is 11.8 Å². The van der Waals surface area contributed by atoms with Crippen LogP contribution in [0.15, 0.2) is 35.8 Å². The van der Waals surface area contributed by atoms with Gasteiger partial charge in [0, 0.05) is 4.91 Å². The quantitative estimate of drug-likeness (QED) is 0.624. The Morgan fingerprint density at radius 3 is 2.38 bits per heavy atom. The standard InChI is InChI=1S/C10H14S.C2H6/c1-3-9-7-5-6-8-11-10(9)4-2;1-2/h3-4H,1-2,5-8H2;1-2H3. The highest BCUT2D eigenvalue weighted by atomic mass is 32.2. The lowest BCUT2D eigenvalue weighted by molar-refractivity contribution is 0.812. The molecule has 0 aromatic rings. The summed E-state index contributed by atoms with van der Waals surface area (Å²) in [7, 11) is 0. The van der Waals surface area contributed by atoms with Gasteiger partial charge in [0.2, 0.25) is 0 Å². The second kappa shape index (κ2) is 8.18. The van der Waals surface area contributed by atoms with E-state index in [9.17, 15) is 0 Å². The predicted molar refractivity (Wildman–Crippen MR) is 65.1 cm³/mol. The minimum absolute atomic E-state index is 1.18. The van der Waals surface area contributed by atoms with Crippen LogP contribution < -0.4 is 0 Å². The summed E-state index contributed by atoms with van der Waals surface area (Å²) in [6.45, 7) is 11.6. The third-order valence-electron chi connectivity index (χ3n) is 1.85. The number of hydrogen-bond donors (Lipinski definition) is 0. The van der Waals surface area contributed by atoms with E-state index in [1.807, 2.05) is 37.8 Å². The molecule has 1 rings (SSSR count). The molecule has 0 saturated heterocycles. The van der Waals surface area contributed by atoms with Crippen LogP contribution in [0.2, 0.25) is 0 Å². The molecule has 0 spiro atoms. The first-order valence-electron chi connectivity index (χ1n) is 4.99. The van der Waals surface area contributed by atoms with Gasteiger partial charge in [0.1, 0.15) is 0 Å². The number of thioether (sulfide) groups is 1. The summed E-state index contributed by atoms with van der Waals surface area (Å²) in [5.74, 6) is 1.23. The third-order valence-corrected chi connectivity index (χ3v) is 3.08. The first kappa shape index (κ1) is 12.6. The molecule has 74 valence electrons. The van der Waals surface area contributed by atoms with E-state index in [4.69, 9.17) is 0 Å². The van der Waals surface area contributed by atoms with Crippen molar-refractivity contribution in [2.24, 2.45) is 0 Å². The average molecular weight is 196 g/mol. The third kappa shape index (κ3) is 4.37. The lowest BCUT2D eigenvalue weighted by Crippen LogP contribution is -1.79. The maximum absolute atomic E-state index is 3.81. The van der Waals surface area contributed by atoms with Crippen molar-refractivity contribution in [3.05, 3.63) is 35.8 Å². The minimum Gasteiger partial charge on any atom is -0.126 e. The van der Waals surface area contributed by atoms with E-state index >= 15 is 0 Å². The Bertz CT molecular complexity index is 169. The van der Waals surface area contributed by atoms with Crippen molar-refractivity contribution < 1.29 is 0 Å². The smallest absolute Gasteiger partial charge is 0.00979 e. The Labute approximate surface area is 86.8 Å². The van der Waals surface area contributed by atoms with Crippen LogP contribution in [0.4, 0.5) is 0 Å². The van der Waals surface area contributed by atoms with Crippen molar-refractivity contribution in [3.8, 4) is 0 Å². The van der Waals surface area contributed by atoms with Crippen LogP contribution in [0, 0.1) is 0 Å². The zero-order valence-corrected chi connectivity index (χ0v) is 9.62. The molecule has 0 radical (unpaired) electrons. The summed E-state index contributed by atoms with van der Waals surface area (Å²) < 4.78 is 0. The molecule has 0 saturated carbocycles. The Balaban J connectivity index is 0.000000671. The van der Waals surface area contributed by atoms with Crippen LogP contribution in [-0.2, 0) is 0 Å². The van der Waals surface area contributed by atoms with Crippen molar-refractivity contribution in [3.63, 3.8) is 0 Å². The molecule has 0 fully saturated rings. The summed E-state index contributed by atoms with van der Waals surface area (Å²) in [6.07, 6.45) is 7.71. The monoisotopic (exact) mass is 196 g/mol. The molecular formula is C12H20S. The molecule has 1 heteroatoms. The molecule has 0 atom stereocenters. The van der Waals surface area contributed by atoms with Gasteiger partial charge in [-0.3, -0.25) is 0 Å². The van der Waals surface area contributed by atoms with Gasteiger partial charge >= 0.3 is 0 Å². The molecule has 1 aliphatic heterocycles. The zero-order chi connectivity index (χ0) is 10.1. The molecule has 0 unspecified atom stereocenters. The van der Waals surface area contributed by atoms with Gasteiger partial charge in [0.15, 0.2) is 0 Å². The first-order valence-corrected chi connectivity index (χ1v) is 5.98. The summed E-state index contributed by atoms with van der Waals surface area (Å²) >= 11 is 1.91. The Kier molecular flexibility index (Phi) is 7.91. The fraction of sp³-hybridized carbons (Fsp3) is 0.500. The lowest BCUT2D eigenvalue weighted by atomic mass is 10.1. The SMILES string of the molecule is C=CC1=C(C=C)SCCCC1.CC. The van der Waals surface area contributed by atoms with Gasteiger partial charge in [0.25, 0.3) is 0 Å². The molecule has 1 aliphatic rings. The van der Waals surface area contributed by atoms with E-state index in [-0.39, 0.29) is 0 Å². The van der Waals surface area contributed by atoms with Crippen LogP contribution in [0.3, 0.4) is 0 Å².